The van der Waals surface area contributed by atoms with E-state index in [4.69, 9.17) is 0 Å². The Hall–Kier alpha value is -3.04. The SMILES string of the molecule is Cc1cc(C)c2c(SC#Cc3ccccc3)cc(SC#Cc3ccccc3)c-2c(C)c1. The van der Waals surface area contributed by atoms with E-state index in [1.54, 1.807) is 23.5 Å². The predicted molar refractivity (Wildman–Crippen MR) is 136 cm³/mol. The van der Waals surface area contributed by atoms with Crippen molar-refractivity contribution < 1.29 is 0 Å². The number of fused-ring (bicyclic) bond motifs is 1. The fourth-order valence-electron chi connectivity index (χ4n) is 3.64. The van der Waals surface area contributed by atoms with Crippen LogP contribution >= 0.6 is 23.5 Å². The van der Waals surface area contributed by atoms with Gasteiger partial charge in [0.15, 0.2) is 0 Å². The van der Waals surface area contributed by atoms with Crippen LogP contribution in [-0.2, 0) is 0 Å². The zero-order valence-corrected chi connectivity index (χ0v) is 19.5. The van der Waals surface area contributed by atoms with Crippen molar-refractivity contribution in [3.8, 4) is 33.5 Å². The molecular formula is C29H22S2. The van der Waals surface area contributed by atoms with E-state index in [1.165, 1.54) is 37.6 Å². The maximum atomic E-state index is 3.30. The number of hydrogen-bond donors (Lipinski definition) is 0. The molecule has 0 aliphatic heterocycles. The highest BCUT2D eigenvalue weighted by Crippen LogP contribution is 2.45. The van der Waals surface area contributed by atoms with E-state index < -0.39 is 0 Å². The summed E-state index contributed by atoms with van der Waals surface area (Å²) in [5.41, 5.74) is 8.43. The summed E-state index contributed by atoms with van der Waals surface area (Å²) in [6.45, 7) is 6.53. The summed E-state index contributed by atoms with van der Waals surface area (Å²) in [6.07, 6.45) is 0. The second-order valence-corrected chi connectivity index (χ2v) is 9.11. The molecule has 0 saturated heterocycles. The number of rotatable bonds is 2. The van der Waals surface area contributed by atoms with E-state index in [1.807, 2.05) is 60.7 Å². The molecule has 0 aromatic heterocycles. The molecule has 2 aliphatic rings. The van der Waals surface area contributed by atoms with Crippen LogP contribution in [-0.4, -0.2) is 0 Å². The van der Waals surface area contributed by atoms with Gasteiger partial charge in [-0.25, -0.2) is 0 Å². The van der Waals surface area contributed by atoms with Gasteiger partial charge in [-0.3, -0.25) is 0 Å². The Morgan fingerprint density at radius 3 is 1.39 bits per heavy atom. The molecule has 4 rings (SSSR count). The molecule has 150 valence electrons. The van der Waals surface area contributed by atoms with Crippen LogP contribution in [0.15, 0.2) is 88.7 Å². The molecule has 0 atom stereocenters. The van der Waals surface area contributed by atoms with Crippen molar-refractivity contribution in [3.05, 3.63) is 107 Å². The third-order valence-electron chi connectivity index (χ3n) is 4.94. The van der Waals surface area contributed by atoms with Gasteiger partial charge in [0.25, 0.3) is 0 Å². The summed E-state index contributed by atoms with van der Waals surface area (Å²) in [5, 5.41) is 6.60. The van der Waals surface area contributed by atoms with E-state index in [9.17, 15) is 0 Å². The van der Waals surface area contributed by atoms with Crippen LogP contribution in [0.1, 0.15) is 27.8 Å². The van der Waals surface area contributed by atoms with Crippen LogP contribution in [0.2, 0.25) is 0 Å². The minimum absolute atomic E-state index is 1.03. The number of aryl methyl sites for hydroxylation is 3. The Labute approximate surface area is 193 Å². The smallest absolute Gasteiger partial charge is 0.0296 e. The third-order valence-corrected chi connectivity index (χ3v) is 6.43. The van der Waals surface area contributed by atoms with Gasteiger partial charge in [0, 0.05) is 32.0 Å². The molecule has 0 radical (unpaired) electrons. The summed E-state index contributed by atoms with van der Waals surface area (Å²) >= 11 is 3.19. The molecule has 0 nitrogen and oxygen atoms in total. The Morgan fingerprint density at radius 2 is 0.968 bits per heavy atom. The Balaban J connectivity index is 1.73. The Morgan fingerprint density at radius 1 is 0.548 bits per heavy atom. The van der Waals surface area contributed by atoms with Gasteiger partial charge in [-0.05, 0) is 96.3 Å². The lowest BCUT2D eigenvalue weighted by Gasteiger charge is -2.05. The van der Waals surface area contributed by atoms with Crippen LogP contribution in [0.25, 0.3) is 11.1 Å². The van der Waals surface area contributed by atoms with E-state index in [0.29, 0.717) is 0 Å². The quantitative estimate of drug-likeness (QED) is 0.232. The van der Waals surface area contributed by atoms with Crippen LogP contribution in [0.5, 0.6) is 0 Å². The van der Waals surface area contributed by atoms with Crippen LogP contribution in [0.3, 0.4) is 0 Å². The standard InChI is InChI=1S/C29H22S2/c1-21-18-22(2)28-26(30-16-14-24-10-6-4-7-11-24)20-27(29(28)23(3)19-21)31-17-15-25-12-8-5-9-13-25/h4-13,18-20H,1-3H3. The number of thioether (sulfide) groups is 2. The van der Waals surface area contributed by atoms with Crippen molar-refractivity contribution in [1.82, 2.24) is 0 Å². The molecule has 0 saturated carbocycles. The van der Waals surface area contributed by atoms with E-state index in [0.717, 1.165) is 11.1 Å². The predicted octanol–water partition coefficient (Wildman–Crippen LogP) is 7.92. The van der Waals surface area contributed by atoms with Crippen LogP contribution in [0.4, 0.5) is 0 Å². The normalized spacial score (nSPS) is 10.2. The van der Waals surface area contributed by atoms with Crippen LogP contribution in [0, 0.1) is 43.1 Å². The topological polar surface area (TPSA) is 0 Å². The molecule has 0 amide bonds. The Kier molecular flexibility index (Phi) is 6.73. The maximum absolute atomic E-state index is 3.30. The minimum Gasteiger partial charge on any atom is -0.0622 e. The van der Waals surface area contributed by atoms with Crippen LogP contribution < -0.4 is 0 Å². The lowest BCUT2D eigenvalue weighted by atomic mass is 10.1. The van der Waals surface area contributed by atoms with Gasteiger partial charge >= 0.3 is 0 Å². The maximum Gasteiger partial charge on any atom is 0.0296 e. The largest absolute Gasteiger partial charge is 0.0622 e. The van der Waals surface area contributed by atoms with Crippen molar-refractivity contribution >= 4 is 23.5 Å². The molecule has 0 heterocycles. The average Bonchev–Trinajstić information content (AvgIpc) is 3.08. The summed E-state index contributed by atoms with van der Waals surface area (Å²) in [5.74, 6) is 6.53. The molecule has 0 bridgehead atoms. The van der Waals surface area contributed by atoms with Crippen molar-refractivity contribution in [1.29, 1.82) is 0 Å². The molecular weight excluding hydrogens is 412 g/mol. The first-order valence-electron chi connectivity index (χ1n) is 10.1. The van der Waals surface area contributed by atoms with Gasteiger partial charge in [0.05, 0.1) is 0 Å². The van der Waals surface area contributed by atoms with Gasteiger partial charge in [-0.2, -0.15) is 0 Å². The first kappa shape index (κ1) is 21.2. The average molecular weight is 435 g/mol. The van der Waals surface area contributed by atoms with Crippen molar-refractivity contribution in [3.63, 3.8) is 0 Å². The molecule has 0 fully saturated rings. The van der Waals surface area contributed by atoms with E-state index in [2.05, 4.69) is 61.3 Å². The summed E-state index contributed by atoms with van der Waals surface area (Å²) in [7, 11) is 0. The Bertz CT molecular complexity index is 1200. The first-order valence-corrected chi connectivity index (χ1v) is 11.8. The van der Waals surface area contributed by atoms with Gasteiger partial charge in [-0.1, -0.05) is 65.9 Å². The fraction of sp³-hybridized carbons (Fsp3) is 0.103. The lowest BCUT2D eigenvalue weighted by Crippen LogP contribution is -1.81. The molecule has 2 heteroatoms. The zero-order valence-electron chi connectivity index (χ0n) is 17.8. The molecule has 0 spiro atoms. The highest BCUT2D eigenvalue weighted by molar-refractivity contribution is 8.05. The second-order valence-electron chi connectivity index (χ2n) is 7.41. The number of hydrogen-bond acceptors (Lipinski definition) is 2. The molecule has 31 heavy (non-hydrogen) atoms. The van der Waals surface area contributed by atoms with Crippen molar-refractivity contribution in [2.45, 2.75) is 30.6 Å². The van der Waals surface area contributed by atoms with Gasteiger partial charge in [-0.15, -0.1) is 0 Å². The summed E-state index contributed by atoms with van der Waals surface area (Å²) in [6, 6.07) is 27.0. The van der Waals surface area contributed by atoms with E-state index in [-0.39, 0.29) is 0 Å². The van der Waals surface area contributed by atoms with Gasteiger partial charge < -0.3 is 0 Å². The zero-order chi connectivity index (χ0) is 21.6. The fourth-order valence-corrected chi connectivity index (χ4v) is 5.36. The summed E-state index contributed by atoms with van der Waals surface area (Å²) in [4.78, 5) is 2.39. The summed E-state index contributed by atoms with van der Waals surface area (Å²) < 4.78 is 0. The minimum atomic E-state index is 1.03. The monoisotopic (exact) mass is 434 g/mol. The lowest BCUT2D eigenvalue weighted by molar-refractivity contribution is 1.40. The highest BCUT2D eigenvalue weighted by Gasteiger charge is 2.20. The molecule has 2 aromatic rings. The molecule has 0 N–H and O–H groups in total. The van der Waals surface area contributed by atoms with Gasteiger partial charge in [0.1, 0.15) is 0 Å². The molecule has 2 aliphatic carbocycles. The number of benzene rings is 2. The van der Waals surface area contributed by atoms with Gasteiger partial charge in [0.2, 0.25) is 0 Å². The van der Waals surface area contributed by atoms with Crippen molar-refractivity contribution in [2.75, 3.05) is 0 Å². The molecule has 2 aromatic carbocycles. The van der Waals surface area contributed by atoms with E-state index >= 15 is 0 Å². The molecule has 0 unspecified atom stereocenters. The van der Waals surface area contributed by atoms with Crippen molar-refractivity contribution in [2.24, 2.45) is 0 Å². The third kappa shape index (κ3) is 5.18. The first-order chi connectivity index (χ1) is 15.1. The highest BCUT2D eigenvalue weighted by atomic mass is 32.2. The second kappa shape index (κ2) is 9.84.